The van der Waals surface area contributed by atoms with Gasteiger partial charge in [0.15, 0.2) is 0 Å². The van der Waals surface area contributed by atoms with Crippen LogP contribution in [-0.4, -0.2) is 26.5 Å². The van der Waals surface area contributed by atoms with E-state index in [1.165, 1.54) is 11.1 Å². The van der Waals surface area contributed by atoms with Crippen LogP contribution in [0.25, 0.3) is 0 Å². The molecule has 0 aliphatic heterocycles. The third kappa shape index (κ3) is 5.74. The summed E-state index contributed by atoms with van der Waals surface area (Å²) in [5.41, 5.74) is 4.21. The van der Waals surface area contributed by atoms with Gasteiger partial charge in [-0.25, -0.2) is 0 Å². The molecule has 0 bridgehead atoms. The molecule has 0 atom stereocenters. The number of hydrogen-bond acceptors (Lipinski definition) is 3. The Hall–Kier alpha value is -3.53. The minimum Gasteiger partial charge on any atom is -0.393 e. The van der Waals surface area contributed by atoms with E-state index in [2.05, 4.69) is 59.2 Å². The van der Waals surface area contributed by atoms with Gasteiger partial charge in [0, 0.05) is 50.2 Å². The fraction of sp³-hybridized carbons (Fsp3) is 0.192. The number of anilines is 1. The van der Waals surface area contributed by atoms with Crippen LogP contribution >= 0.6 is 0 Å². The van der Waals surface area contributed by atoms with Crippen LogP contribution in [0.15, 0.2) is 97.3 Å². The fourth-order valence-corrected chi connectivity index (χ4v) is 3.45. The molecule has 4 nitrogen and oxygen atoms in total. The van der Waals surface area contributed by atoms with Gasteiger partial charge in [0.2, 0.25) is 0 Å². The largest absolute Gasteiger partial charge is 0.393 e. The minimum atomic E-state index is -0.0464. The molecule has 4 heteroatoms. The molecule has 30 heavy (non-hydrogen) atoms. The molecule has 1 amide bonds. The molecule has 0 unspecified atom stereocenters. The topological polar surface area (TPSA) is 44.4 Å². The van der Waals surface area contributed by atoms with Crippen LogP contribution in [0.5, 0.6) is 0 Å². The molecule has 0 saturated carbocycles. The van der Waals surface area contributed by atoms with Gasteiger partial charge in [-0.2, -0.15) is 0 Å². The Morgan fingerprint density at radius 2 is 1.47 bits per heavy atom. The Bertz CT molecular complexity index is 898. The van der Waals surface area contributed by atoms with Gasteiger partial charge in [0.1, 0.15) is 0 Å². The second kappa shape index (κ2) is 10.9. The number of carbonyl (C=O) groups excluding carboxylic acids is 1. The molecule has 3 rings (SSSR count). The third-order valence-electron chi connectivity index (χ3n) is 5.12. The Labute approximate surface area is 179 Å². The molecular formula is C26H29N3O. The monoisotopic (exact) mass is 399 g/mol. The highest BCUT2D eigenvalue weighted by atomic mass is 16.1. The average molecular weight is 400 g/mol. The Balaban J connectivity index is 1.61. The molecule has 0 heterocycles. The summed E-state index contributed by atoms with van der Waals surface area (Å²) in [4.78, 5) is 14.6. The van der Waals surface area contributed by atoms with Crippen molar-refractivity contribution in [2.45, 2.75) is 12.3 Å². The first-order valence-electron chi connectivity index (χ1n) is 10.2. The van der Waals surface area contributed by atoms with Crippen molar-refractivity contribution in [3.63, 3.8) is 0 Å². The summed E-state index contributed by atoms with van der Waals surface area (Å²) in [7, 11) is 3.83. The zero-order valence-electron chi connectivity index (χ0n) is 17.6. The summed E-state index contributed by atoms with van der Waals surface area (Å²) in [6.45, 7) is 0.611. The van der Waals surface area contributed by atoms with E-state index in [1.54, 1.807) is 0 Å². The van der Waals surface area contributed by atoms with Crippen molar-refractivity contribution in [2.24, 2.45) is 0 Å². The summed E-state index contributed by atoms with van der Waals surface area (Å²) < 4.78 is 0. The molecule has 2 N–H and O–H groups in total. The smallest absolute Gasteiger partial charge is 0.251 e. The zero-order chi connectivity index (χ0) is 21.2. The average Bonchev–Trinajstić information content (AvgIpc) is 2.81. The van der Waals surface area contributed by atoms with Gasteiger partial charge in [0.05, 0.1) is 0 Å². The highest BCUT2D eigenvalue weighted by Gasteiger charge is 2.14. The molecule has 3 aromatic rings. The van der Waals surface area contributed by atoms with Gasteiger partial charge in [-0.3, -0.25) is 4.79 Å². The lowest BCUT2D eigenvalue weighted by molar-refractivity contribution is 0.0953. The Morgan fingerprint density at radius 1 is 0.900 bits per heavy atom. The van der Waals surface area contributed by atoms with E-state index in [1.807, 2.05) is 67.8 Å². The number of rotatable bonds is 9. The van der Waals surface area contributed by atoms with Gasteiger partial charge < -0.3 is 15.5 Å². The van der Waals surface area contributed by atoms with Crippen molar-refractivity contribution in [3.05, 3.63) is 114 Å². The van der Waals surface area contributed by atoms with E-state index in [0.29, 0.717) is 12.1 Å². The number of nitrogens with zero attached hydrogens (tertiary/aromatic N) is 1. The Kier molecular flexibility index (Phi) is 7.67. The summed E-state index contributed by atoms with van der Waals surface area (Å²) in [6.07, 6.45) is 4.63. The number of nitrogens with one attached hydrogen (secondary N) is 2. The predicted octanol–water partition coefficient (Wildman–Crippen LogP) is 4.77. The molecular weight excluding hydrogens is 370 g/mol. The molecule has 154 valence electrons. The first-order chi connectivity index (χ1) is 14.7. The van der Waals surface area contributed by atoms with Crippen LogP contribution in [0.2, 0.25) is 0 Å². The summed E-state index contributed by atoms with van der Waals surface area (Å²) in [5.74, 6) is 0.206. The fourth-order valence-electron chi connectivity index (χ4n) is 3.45. The normalized spacial score (nSPS) is 10.9. The number of benzene rings is 3. The molecule has 0 spiro atoms. The second-order valence-corrected chi connectivity index (χ2v) is 7.18. The van der Waals surface area contributed by atoms with Gasteiger partial charge in [0.25, 0.3) is 5.91 Å². The van der Waals surface area contributed by atoms with Crippen LogP contribution in [-0.2, 0) is 0 Å². The van der Waals surface area contributed by atoms with E-state index >= 15 is 0 Å². The number of hydrogen-bond donors (Lipinski definition) is 2. The SMILES string of the molecule is CN/C=C\N(C)c1ccc(C(=O)NCCC(c2ccccc2)c2ccccc2)cc1. The molecule has 3 aromatic carbocycles. The van der Waals surface area contributed by atoms with Crippen molar-refractivity contribution in [3.8, 4) is 0 Å². The second-order valence-electron chi connectivity index (χ2n) is 7.18. The lowest BCUT2D eigenvalue weighted by Crippen LogP contribution is -2.26. The predicted molar refractivity (Wildman–Crippen MR) is 125 cm³/mol. The third-order valence-corrected chi connectivity index (χ3v) is 5.12. The molecule has 0 fully saturated rings. The van der Waals surface area contributed by atoms with Crippen molar-refractivity contribution in [1.82, 2.24) is 10.6 Å². The van der Waals surface area contributed by atoms with Crippen LogP contribution in [0.1, 0.15) is 33.8 Å². The van der Waals surface area contributed by atoms with Crippen molar-refractivity contribution < 1.29 is 4.79 Å². The van der Waals surface area contributed by atoms with Crippen LogP contribution in [0.4, 0.5) is 5.69 Å². The highest BCUT2D eigenvalue weighted by molar-refractivity contribution is 5.94. The first kappa shape index (κ1) is 21.2. The molecule has 0 saturated heterocycles. The van der Waals surface area contributed by atoms with Gasteiger partial charge >= 0.3 is 0 Å². The zero-order valence-corrected chi connectivity index (χ0v) is 17.6. The molecule has 0 aliphatic rings. The van der Waals surface area contributed by atoms with Gasteiger partial charge in [-0.15, -0.1) is 0 Å². The summed E-state index contributed by atoms with van der Waals surface area (Å²) >= 11 is 0. The maximum Gasteiger partial charge on any atom is 0.251 e. The maximum atomic E-state index is 12.6. The standard InChI is InChI=1S/C26H29N3O/c1-27-19-20-29(2)24-15-13-23(14-16-24)26(30)28-18-17-25(21-9-5-3-6-10-21)22-11-7-4-8-12-22/h3-16,19-20,25,27H,17-18H2,1-2H3,(H,28,30)/b20-19-. The molecule has 0 aromatic heterocycles. The quantitative estimate of drug-likeness (QED) is 0.545. The lowest BCUT2D eigenvalue weighted by Gasteiger charge is -2.18. The minimum absolute atomic E-state index is 0.0464. The highest BCUT2D eigenvalue weighted by Crippen LogP contribution is 2.27. The Morgan fingerprint density at radius 3 is 2.00 bits per heavy atom. The van der Waals surface area contributed by atoms with E-state index in [4.69, 9.17) is 0 Å². The van der Waals surface area contributed by atoms with Crippen LogP contribution < -0.4 is 15.5 Å². The molecule has 0 radical (unpaired) electrons. The maximum absolute atomic E-state index is 12.6. The lowest BCUT2D eigenvalue weighted by atomic mass is 9.88. The van der Waals surface area contributed by atoms with Crippen molar-refractivity contribution in [2.75, 3.05) is 25.5 Å². The summed E-state index contributed by atoms with van der Waals surface area (Å²) in [6, 6.07) is 28.5. The first-order valence-corrected chi connectivity index (χ1v) is 10.2. The van der Waals surface area contributed by atoms with E-state index in [9.17, 15) is 4.79 Å². The van der Waals surface area contributed by atoms with E-state index in [0.717, 1.165) is 12.1 Å². The number of carbonyl (C=O) groups is 1. The van der Waals surface area contributed by atoms with Crippen LogP contribution in [0.3, 0.4) is 0 Å². The van der Waals surface area contributed by atoms with Crippen molar-refractivity contribution >= 4 is 11.6 Å². The van der Waals surface area contributed by atoms with E-state index < -0.39 is 0 Å². The summed E-state index contributed by atoms with van der Waals surface area (Å²) in [5, 5.41) is 6.04. The van der Waals surface area contributed by atoms with Gasteiger partial charge in [-0.05, 0) is 41.8 Å². The molecule has 0 aliphatic carbocycles. The number of amides is 1. The van der Waals surface area contributed by atoms with E-state index in [-0.39, 0.29) is 11.8 Å². The van der Waals surface area contributed by atoms with Gasteiger partial charge in [-0.1, -0.05) is 60.7 Å². The van der Waals surface area contributed by atoms with Crippen LogP contribution in [0, 0.1) is 0 Å². The van der Waals surface area contributed by atoms with Crippen molar-refractivity contribution in [1.29, 1.82) is 0 Å².